The molecule has 0 aliphatic heterocycles. The summed E-state index contributed by atoms with van der Waals surface area (Å²) < 4.78 is 30.7. The smallest absolute Gasteiger partial charge is 0.213 e. The molecule has 0 amide bonds. The number of rotatable bonds is 2. The molecular weight excluding hydrogens is 200 g/mol. The van der Waals surface area contributed by atoms with Crippen molar-refractivity contribution in [2.45, 2.75) is 0 Å². The van der Waals surface area contributed by atoms with Crippen molar-refractivity contribution < 1.29 is 13.5 Å². The first-order chi connectivity index (χ1) is 7.25. The van der Waals surface area contributed by atoms with Crippen LogP contribution < -0.4 is 4.74 Å². The van der Waals surface area contributed by atoms with E-state index in [0.29, 0.717) is 0 Å². The van der Waals surface area contributed by atoms with E-state index >= 15 is 0 Å². The molecule has 1 radical (unpaired) electrons. The van der Waals surface area contributed by atoms with Crippen LogP contribution in [0.25, 0.3) is 0 Å². The predicted octanol–water partition coefficient (Wildman–Crippen LogP) is 2.95. The highest BCUT2D eigenvalue weighted by Crippen LogP contribution is 2.22. The van der Waals surface area contributed by atoms with Crippen LogP contribution in [-0.4, -0.2) is 4.98 Å². The average Bonchev–Trinajstić information content (AvgIpc) is 2.25. The van der Waals surface area contributed by atoms with Gasteiger partial charge in [0.25, 0.3) is 0 Å². The van der Waals surface area contributed by atoms with Gasteiger partial charge in [0.15, 0.2) is 11.6 Å². The summed E-state index contributed by atoms with van der Waals surface area (Å²) in [6.45, 7) is 0. The normalized spacial score (nSPS) is 10.0. The number of pyridine rings is 1. The van der Waals surface area contributed by atoms with Crippen LogP contribution in [0.4, 0.5) is 8.78 Å². The molecule has 1 aromatic carbocycles. The summed E-state index contributed by atoms with van der Waals surface area (Å²) in [7, 11) is 0. The van der Waals surface area contributed by atoms with Crippen LogP contribution >= 0.6 is 0 Å². The molecule has 2 rings (SSSR count). The van der Waals surface area contributed by atoms with Crippen LogP contribution in [0.2, 0.25) is 0 Å². The summed E-state index contributed by atoms with van der Waals surface area (Å²) in [4.78, 5) is 3.38. The van der Waals surface area contributed by atoms with Gasteiger partial charge in [-0.3, -0.25) is 0 Å². The summed E-state index contributed by atoms with van der Waals surface area (Å²) in [6.07, 6.45) is 1.19. The molecular formula is C11H6F2NO. The van der Waals surface area contributed by atoms with Crippen molar-refractivity contribution >= 4 is 0 Å². The number of ether oxygens (including phenoxy) is 1. The van der Waals surface area contributed by atoms with Crippen molar-refractivity contribution in [2.24, 2.45) is 0 Å². The van der Waals surface area contributed by atoms with Crippen LogP contribution in [0.1, 0.15) is 0 Å². The molecule has 1 aromatic heterocycles. The van der Waals surface area contributed by atoms with Gasteiger partial charge in [-0.05, 0) is 30.3 Å². The number of benzene rings is 1. The Bertz CT molecular complexity index is 456. The van der Waals surface area contributed by atoms with E-state index in [1.165, 1.54) is 24.4 Å². The summed E-state index contributed by atoms with van der Waals surface area (Å²) in [5, 5.41) is 0. The quantitative estimate of drug-likeness (QED) is 0.705. The first-order valence-corrected chi connectivity index (χ1v) is 4.21. The highest BCUT2D eigenvalue weighted by atomic mass is 19.1. The monoisotopic (exact) mass is 206 g/mol. The summed E-state index contributed by atoms with van der Waals surface area (Å²) in [6, 6.07) is 9.19. The van der Waals surface area contributed by atoms with Crippen molar-refractivity contribution in [1.82, 2.24) is 4.98 Å². The van der Waals surface area contributed by atoms with Crippen molar-refractivity contribution in [2.75, 3.05) is 0 Å². The largest absolute Gasteiger partial charge is 0.453 e. The second-order valence-electron chi connectivity index (χ2n) is 2.78. The Kier molecular flexibility index (Phi) is 2.58. The fourth-order valence-corrected chi connectivity index (χ4v) is 1.03. The highest BCUT2D eigenvalue weighted by Gasteiger charge is 2.03. The second-order valence-corrected chi connectivity index (χ2v) is 2.78. The molecule has 0 N–H and O–H groups in total. The van der Waals surface area contributed by atoms with Crippen molar-refractivity contribution in [3.63, 3.8) is 0 Å². The van der Waals surface area contributed by atoms with E-state index in [9.17, 15) is 8.78 Å². The first-order valence-electron chi connectivity index (χ1n) is 4.21. The van der Waals surface area contributed by atoms with E-state index in [1.54, 1.807) is 0 Å². The third kappa shape index (κ3) is 2.28. The zero-order valence-corrected chi connectivity index (χ0v) is 7.58. The molecule has 0 aliphatic rings. The van der Waals surface area contributed by atoms with Gasteiger partial charge < -0.3 is 4.74 Å². The number of halogens is 2. The molecule has 75 valence electrons. The van der Waals surface area contributed by atoms with Crippen LogP contribution in [-0.2, 0) is 0 Å². The fourth-order valence-electron chi connectivity index (χ4n) is 1.03. The molecule has 2 aromatic rings. The Morgan fingerprint density at radius 1 is 1.20 bits per heavy atom. The van der Waals surface area contributed by atoms with Crippen molar-refractivity contribution in [1.29, 1.82) is 0 Å². The molecule has 0 bridgehead atoms. The van der Waals surface area contributed by atoms with E-state index in [-0.39, 0.29) is 11.5 Å². The maximum Gasteiger partial charge on any atom is 0.213 e. The van der Waals surface area contributed by atoms with Gasteiger partial charge in [0.05, 0.1) is 6.20 Å². The lowest BCUT2D eigenvalue weighted by Crippen LogP contribution is -1.89. The Balaban J connectivity index is 2.22. The van der Waals surface area contributed by atoms with E-state index in [0.717, 1.165) is 12.1 Å². The van der Waals surface area contributed by atoms with Gasteiger partial charge in [-0.2, -0.15) is 4.39 Å². The summed E-state index contributed by atoms with van der Waals surface area (Å²) >= 11 is 0. The van der Waals surface area contributed by atoms with Crippen LogP contribution in [0.5, 0.6) is 11.5 Å². The zero-order chi connectivity index (χ0) is 10.7. The lowest BCUT2D eigenvalue weighted by Gasteiger charge is -2.04. The van der Waals surface area contributed by atoms with E-state index in [2.05, 4.69) is 11.1 Å². The molecule has 0 aliphatic carbocycles. The number of aromatic nitrogens is 1. The van der Waals surface area contributed by atoms with Crippen molar-refractivity contribution in [3.8, 4) is 11.5 Å². The second kappa shape index (κ2) is 4.04. The van der Waals surface area contributed by atoms with Gasteiger partial charge in [-0.1, -0.05) is 6.07 Å². The Morgan fingerprint density at radius 2 is 2.07 bits per heavy atom. The molecule has 0 saturated carbocycles. The van der Waals surface area contributed by atoms with Crippen LogP contribution in [0.15, 0.2) is 36.5 Å². The van der Waals surface area contributed by atoms with Gasteiger partial charge in [0.2, 0.25) is 5.95 Å². The molecule has 0 atom stereocenters. The first kappa shape index (κ1) is 9.58. The van der Waals surface area contributed by atoms with E-state index in [4.69, 9.17) is 4.74 Å². The zero-order valence-electron chi connectivity index (χ0n) is 7.58. The van der Waals surface area contributed by atoms with Gasteiger partial charge in [-0.25, -0.2) is 9.37 Å². The lowest BCUT2D eigenvalue weighted by atomic mass is 10.3. The minimum atomic E-state index is -0.607. The van der Waals surface area contributed by atoms with Crippen molar-refractivity contribution in [3.05, 3.63) is 54.4 Å². The predicted molar refractivity (Wildman–Crippen MR) is 49.5 cm³/mol. The molecule has 0 spiro atoms. The Morgan fingerprint density at radius 3 is 2.73 bits per heavy atom. The highest BCUT2D eigenvalue weighted by molar-refractivity contribution is 5.29. The topological polar surface area (TPSA) is 22.1 Å². The Labute approximate surface area is 85.2 Å². The number of hydrogen-bond acceptors (Lipinski definition) is 2. The minimum absolute atomic E-state index is 0.0576. The van der Waals surface area contributed by atoms with Gasteiger partial charge in [0.1, 0.15) is 5.75 Å². The molecule has 1 heterocycles. The molecule has 4 heteroatoms. The fraction of sp³-hybridized carbons (Fsp3) is 0. The number of hydrogen-bond donors (Lipinski definition) is 0. The average molecular weight is 206 g/mol. The van der Waals surface area contributed by atoms with Gasteiger partial charge in [-0.15, -0.1) is 0 Å². The molecule has 15 heavy (non-hydrogen) atoms. The number of nitrogens with zero attached hydrogens (tertiary/aromatic N) is 1. The van der Waals surface area contributed by atoms with E-state index in [1.807, 2.05) is 0 Å². The molecule has 0 unspecified atom stereocenters. The molecule has 0 fully saturated rings. The Hall–Kier alpha value is -1.97. The standard InChI is InChI=1S/C11H6F2NO/c12-9-3-1-2-4-10(9)15-8-5-6-11(13)14-7-8/h2-7H. The van der Waals surface area contributed by atoms with E-state index < -0.39 is 11.8 Å². The SMILES string of the molecule is Fc1ccc(Oc2cc[c]cc2F)cn1. The third-order valence-corrected chi connectivity index (χ3v) is 1.70. The van der Waals surface area contributed by atoms with Gasteiger partial charge in [0, 0.05) is 0 Å². The lowest BCUT2D eigenvalue weighted by molar-refractivity contribution is 0.437. The van der Waals surface area contributed by atoms with Gasteiger partial charge >= 0.3 is 0 Å². The minimum Gasteiger partial charge on any atom is -0.453 e. The third-order valence-electron chi connectivity index (χ3n) is 1.70. The van der Waals surface area contributed by atoms with Crippen LogP contribution in [0, 0.1) is 17.8 Å². The maximum absolute atomic E-state index is 13.1. The molecule has 0 saturated heterocycles. The summed E-state index contributed by atoms with van der Waals surface area (Å²) in [5.41, 5.74) is 0. The summed E-state index contributed by atoms with van der Waals surface area (Å²) in [5.74, 6) is -0.797. The molecule has 2 nitrogen and oxygen atoms in total. The van der Waals surface area contributed by atoms with Crippen LogP contribution in [0.3, 0.4) is 0 Å². The maximum atomic E-state index is 13.1.